The molecular formula is C12H8ClF3N2O. The minimum atomic E-state index is -1.11. The Kier molecular flexibility index (Phi) is 3.64. The number of aromatic nitrogens is 1. The Morgan fingerprint density at radius 1 is 1.21 bits per heavy atom. The summed E-state index contributed by atoms with van der Waals surface area (Å²) < 4.78 is 41.3. The van der Waals surface area contributed by atoms with Crippen LogP contribution < -0.4 is 5.73 Å². The Bertz CT molecular complexity index is 649. The van der Waals surface area contributed by atoms with Crippen molar-refractivity contribution in [2.45, 2.75) is 6.61 Å². The number of pyridine rings is 1. The van der Waals surface area contributed by atoms with Gasteiger partial charge in [-0.2, -0.15) is 0 Å². The van der Waals surface area contributed by atoms with Crippen LogP contribution in [0.1, 0.15) is 5.56 Å². The van der Waals surface area contributed by atoms with Gasteiger partial charge >= 0.3 is 0 Å². The molecule has 2 rings (SSSR count). The zero-order valence-electron chi connectivity index (χ0n) is 9.42. The number of nitrogens with two attached hydrogens (primary N) is 1. The van der Waals surface area contributed by atoms with E-state index in [1.165, 1.54) is 0 Å². The van der Waals surface area contributed by atoms with Gasteiger partial charge in [-0.25, -0.2) is 13.2 Å². The molecule has 0 fully saturated rings. The number of rotatable bonds is 2. The monoisotopic (exact) mass is 288 g/mol. The van der Waals surface area contributed by atoms with Crippen LogP contribution in [0.2, 0.25) is 5.02 Å². The minimum Gasteiger partial charge on any atom is -0.396 e. The van der Waals surface area contributed by atoms with Crippen LogP contribution in [-0.4, -0.2) is 10.1 Å². The van der Waals surface area contributed by atoms with Gasteiger partial charge in [0.25, 0.3) is 0 Å². The highest BCUT2D eigenvalue weighted by atomic mass is 35.5. The van der Waals surface area contributed by atoms with Gasteiger partial charge in [0.15, 0.2) is 11.6 Å². The fourth-order valence-electron chi connectivity index (χ4n) is 1.57. The maximum absolute atomic E-state index is 13.9. The molecule has 19 heavy (non-hydrogen) atoms. The Hall–Kier alpha value is -1.79. The summed E-state index contributed by atoms with van der Waals surface area (Å²) in [6, 6.07) is 1.93. The quantitative estimate of drug-likeness (QED) is 0.835. The highest BCUT2D eigenvalue weighted by molar-refractivity contribution is 6.31. The van der Waals surface area contributed by atoms with E-state index < -0.39 is 40.3 Å². The van der Waals surface area contributed by atoms with Crippen molar-refractivity contribution in [1.82, 2.24) is 4.98 Å². The van der Waals surface area contributed by atoms with Crippen molar-refractivity contribution in [2.24, 2.45) is 0 Å². The largest absolute Gasteiger partial charge is 0.396 e. The Balaban J connectivity index is 2.73. The van der Waals surface area contributed by atoms with Crippen LogP contribution >= 0.6 is 11.6 Å². The fourth-order valence-corrected chi connectivity index (χ4v) is 1.77. The highest BCUT2D eigenvalue weighted by Gasteiger charge is 2.21. The van der Waals surface area contributed by atoms with Gasteiger partial charge in [0.2, 0.25) is 0 Å². The zero-order chi connectivity index (χ0) is 14.2. The molecule has 2 aromatic rings. The number of hydrogen-bond acceptors (Lipinski definition) is 3. The first-order chi connectivity index (χ1) is 8.97. The van der Waals surface area contributed by atoms with Crippen LogP contribution in [0.5, 0.6) is 0 Å². The molecule has 7 heteroatoms. The normalized spacial score (nSPS) is 10.8. The molecule has 0 saturated heterocycles. The number of halogens is 4. The Morgan fingerprint density at radius 3 is 2.53 bits per heavy atom. The summed E-state index contributed by atoms with van der Waals surface area (Å²) in [5.74, 6) is -3.23. The van der Waals surface area contributed by atoms with Crippen molar-refractivity contribution in [3.05, 3.63) is 46.4 Å². The van der Waals surface area contributed by atoms with Gasteiger partial charge in [0, 0.05) is 11.8 Å². The first-order valence-electron chi connectivity index (χ1n) is 5.15. The molecule has 1 heterocycles. The summed E-state index contributed by atoms with van der Waals surface area (Å²) in [6.45, 7) is -0.537. The van der Waals surface area contributed by atoms with E-state index in [1.807, 2.05) is 0 Å². The molecule has 0 bridgehead atoms. The number of hydrogen-bond donors (Lipinski definition) is 2. The average molecular weight is 289 g/mol. The Labute approximate surface area is 111 Å². The van der Waals surface area contributed by atoms with E-state index in [1.54, 1.807) is 0 Å². The van der Waals surface area contributed by atoms with Crippen molar-refractivity contribution in [1.29, 1.82) is 0 Å². The first-order valence-corrected chi connectivity index (χ1v) is 5.52. The van der Waals surface area contributed by atoms with Gasteiger partial charge in [-0.15, -0.1) is 0 Å². The predicted octanol–water partition coefficient (Wildman–Crippen LogP) is 2.89. The standard InChI is InChI=1S/C12H8ClF3N2O/c13-9-5(4-19)3-18-12(11(9)16)8-6(14)1-2-7(17)10(8)15/h1-3,19H,4,17H2. The molecule has 0 aliphatic carbocycles. The van der Waals surface area contributed by atoms with E-state index in [4.69, 9.17) is 22.4 Å². The number of nitrogen functional groups attached to an aromatic ring is 1. The molecule has 0 amide bonds. The Morgan fingerprint density at radius 2 is 1.89 bits per heavy atom. The highest BCUT2D eigenvalue weighted by Crippen LogP contribution is 2.33. The molecule has 3 nitrogen and oxygen atoms in total. The van der Waals surface area contributed by atoms with Crippen LogP contribution in [0.15, 0.2) is 18.3 Å². The number of aliphatic hydroxyl groups excluding tert-OH is 1. The van der Waals surface area contributed by atoms with E-state index >= 15 is 0 Å². The molecule has 1 aromatic heterocycles. The second-order valence-corrected chi connectivity index (χ2v) is 4.12. The third-order valence-corrected chi connectivity index (χ3v) is 2.97. The number of aliphatic hydroxyl groups is 1. The summed E-state index contributed by atoms with van der Waals surface area (Å²) in [6.07, 6.45) is 1.04. The summed E-state index contributed by atoms with van der Waals surface area (Å²) in [4.78, 5) is 3.59. The molecule has 3 N–H and O–H groups in total. The maximum atomic E-state index is 13.9. The van der Waals surface area contributed by atoms with E-state index in [0.717, 1.165) is 18.3 Å². The average Bonchev–Trinajstić information content (AvgIpc) is 2.39. The lowest BCUT2D eigenvalue weighted by molar-refractivity contribution is 0.281. The summed E-state index contributed by atoms with van der Waals surface area (Å²) in [5, 5.41) is 8.46. The maximum Gasteiger partial charge on any atom is 0.168 e. The van der Waals surface area contributed by atoms with Crippen molar-refractivity contribution in [2.75, 3.05) is 5.73 Å². The lowest BCUT2D eigenvalue weighted by Gasteiger charge is -2.10. The van der Waals surface area contributed by atoms with E-state index in [9.17, 15) is 13.2 Å². The van der Waals surface area contributed by atoms with Gasteiger partial charge < -0.3 is 10.8 Å². The summed E-state index contributed by atoms with van der Waals surface area (Å²) in [7, 11) is 0. The lowest BCUT2D eigenvalue weighted by Crippen LogP contribution is -2.02. The van der Waals surface area contributed by atoms with E-state index in [2.05, 4.69) is 4.98 Å². The molecule has 100 valence electrons. The second-order valence-electron chi connectivity index (χ2n) is 3.74. The lowest BCUT2D eigenvalue weighted by atomic mass is 10.1. The van der Waals surface area contributed by atoms with Crippen molar-refractivity contribution in [3.8, 4) is 11.3 Å². The third-order valence-electron chi connectivity index (χ3n) is 2.56. The predicted molar refractivity (Wildman–Crippen MR) is 64.9 cm³/mol. The van der Waals surface area contributed by atoms with Crippen LogP contribution in [0.4, 0.5) is 18.9 Å². The SMILES string of the molecule is Nc1ccc(F)c(-c2ncc(CO)c(Cl)c2F)c1F. The fraction of sp³-hybridized carbons (Fsp3) is 0.0833. The van der Waals surface area contributed by atoms with Crippen molar-refractivity contribution in [3.63, 3.8) is 0 Å². The van der Waals surface area contributed by atoms with Crippen molar-refractivity contribution >= 4 is 17.3 Å². The molecular weight excluding hydrogens is 281 g/mol. The van der Waals surface area contributed by atoms with Gasteiger partial charge in [-0.05, 0) is 12.1 Å². The molecule has 0 unspecified atom stereocenters. The van der Waals surface area contributed by atoms with E-state index in [0.29, 0.717) is 0 Å². The smallest absolute Gasteiger partial charge is 0.168 e. The van der Waals surface area contributed by atoms with Crippen LogP contribution in [0.3, 0.4) is 0 Å². The number of nitrogens with zero attached hydrogens (tertiary/aromatic N) is 1. The van der Waals surface area contributed by atoms with E-state index in [-0.39, 0.29) is 11.3 Å². The van der Waals surface area contributed by atoms with Crippen molar-refractivity contribution < 1.29 is 18.3 Å². The molecule has 0 atom stereocenters. The topological polar surface area (TPSA) is 59.1 Å². The van der Waals surface area contributed by atoms with Gasteiger partial charge in [0.1, 0.15) is 11.5 Å². The molecule has 0 spiro atoms. The van der Waals surface area contributed by atoms with Gasteiger partial charge in [-0.1, -0.05) is 11.6 Å². The van der Waals surface area contributed by atoms with Gasteiger partial charge in [0.05, 0.1) is 22.9 Å². The van der Waals surface area contributed by atoms with Crippen LogP contribution in [-0.2, 0) is 6.61 Å². The second kappa shape index (κ2) is 5.07. The number of benzene rings is 1. The molecule has 0 aliphatic heterocycles. The molecule has 0 saturated carbocycles. The molecule has 1 aromatic carbocycles. The van der Waals surface area contributed by atoms with Crippen LogP contribution in [0.25, 0.3) is 11.3 Å². The van der Waals surface area contributed by atoms with Crippen LogP contribution in [0, 0.1) is 17.5 Å². The number of anilines is 1. The van der Waals surface area contributed by atoms with Gasteiger partial charge in [-0.3, -0.25) is 4.98 Å². The molecule has 0 radical (unpaired) electrons. The summed E-state index contributed by atoms with van der Waals surface area (Å²) in [5.41, 5.74) is 3.71. The molecule has 0 aliphatic rings. The minimum absolute atomic E-state index is 0.0210. The summed E-state index contributed by atoms with van der Waals surface area (Å²) >= 11 is 5.64. The zero-order valence-corrected chi connectivity index (χ0v) is 10.2. The third kappa shape index (κ3) is 2.24. The first kappa shape index (κ1) is 13.6.